The van der Waals surface area contributed by atoms with Gasteiger partial charge in [0.1, 0.15) is 5.76 Å². The number of nitrogens with zero attached hydrogens (tertiary/aromatic N) is 1. The number of anilines is 1. The molecule has 9 heteroatoms. The van der Waals surface area contributed by atoms with Crippen molar-refractivity contribution in [3.8, 4) is 0 Å². The van der Waals surface area contributed by atoms with Crippen LogP contribution in [-0.4, -0.2) is 32.9 Å². The number of hydrogen-bond donors (Lipinski definition) is 1. The molecule has 0 spiro atoms. The molecule has 1 aliphatic rings. The van der Waals surface area contributed by atoms with Gasteiger partial charge in [0.2, 0.25) is 10.0 Å². The Bertz CT molecular complexity index is 1300. The van der Waals surface area contributed by atoms with E-state index < -0.39 is 22.6 Å². The highest BCUT2D eigenvalue weighted by atomic mass is 32.2. The number of carbonyl (C=O) groups excluding carboxylic acids is 2. The number of hydrogen-bond acceptors (Lipinski definition) is 6. The van der Waals surface area contributed by atoms with Gasteiger partial charge in [-0.3, -0.25) is 4.79 Å². The van der Waals surface area contributed by atoms with E-state index in [2.05, 4.69) is 4.72 Å². The maximum atomic E-state index is 12.9. The third-order valence-electron chi connectivity index (χ3n) is 5.87. The van der Waals surface area contributed by atoms with Crippen LogP contribution in [0.3, 0.4) is 0 Å². The van der Waals surface area contributed by atoms with Crippen LogP contribution < -0.4 is 9.62 Å². The average Bonchev–Trinajstić information content (AvgIpc) is 3.35. The number of ether oxygens (including phenoxy) is 1. The summed E-state index contributed by atoms with van der Waals surface area (Å²) in [5.41, 5.74) is 2.53. The molecule has 178 valence electrons. The van der Waals surface area contributed by atoms with Crippen LogP contribution in [0.15, 0.2) is 70.2 Å². The van der Waals surface area contributed by atoms with Gasteiger partial charge in [-0.15, -0.1) is 0 Å². The zero-order valence-corrected chi connectivity index (χ0v) is 19.8. The number of fused-ring (bicyclic) bond motifs is 1. The summed E-state index contributed by atoms with van der Waals surface area (Å²) in [5, 5.41) is 0. The Morgan fingerprint density at radius 3 is 2.71 bits per heavy atom. The number of sulfonamides is 1. The van der Waals surface area contributed by atoms with Gasteiger partial charge in [0.15, 0.2) is 6.61 Å². The predicted molar refractivity (Wildman–Crippen MR) is 126 cm³/mol. The van der Waals surface area contributed by atoms with E-state index in [1.54, 1.807) is 24.0 Å². The second-order valence-electron chi connectivity index (χ2n) is 8.24. The summed E-state index contributed by atoms with van der Waals surface area (Å²) in [6.07, 6.45) is 3.16. The van der Waals surface area contributed by atoms with Gasteiger partial charge in [-0.1, -0.05) is 24.3 Å². The lowest BCUT2D eigenvalue weighted by atomic mass is 9.96. The minimum atomic E-state index is -3.89. The van der Waals surface area contributed by atoms with E-state index in [0.29, 0.717) is 11.3 Å². The van der Waals surface area contributed by atoms with Crippen molar-refractivity contribution in [1.82, 2.24) is 4.72 Å². The molecule has 1 atom stereocenters. The Hall–Kier alpha value is -3.43. The first kappa shape index (κ1) is 23.7. The standard InChI is InChI=1S/C25H26N2O6S/c1-17-9-12-21(34(30,31)26-15-20-7-5-13-32-20)14-22(17)25(29)33-16-24(28)27-18(2)10-11-19-6-3-4-8-23(19)27/h3-9,12-14,18,26H,10-11,15-16H2,1-2H3. The van der Waals surface area contributed by atoms with E-state index in [1.807, 2.05) is 31.2 Å². The summed E-state index contributed by atoms with van der Waals surface area (Å²) in [7, 11) is -3.89. The van der Waals surface area contributed by atoms with E-state index in [4.69, 9.17) is 9.15 Å². The van der Waals surface area contributed by atoms with E-state index in [1.165, 1.54) is 24.5 Å². The summed E-state index contributed by atoms with van der Waals surface area (Å²) < 4.78 is 38.2. The van der Waals surface area contributed by atoms with Crippen LogP contribution >= 0.6 is 0 Å². The fourth-order valence-corrected chi connectivity index (χ4v) is 5.01. The van der Waals surface area contributed by atoms with Gasteiger partial charge >= 0.3 is 5.97 Å². The van der Waals surface area contributed by atoms with Crippen molar-refractivity contribution >= 4 is 27.6 Å². The zero-order chi connectivity index (χ0) is 24.3. The number of nitrogens with one attached hydrogen (secondary N) is 1. The van der Waals surface area contributed by atoms with Gasteiger partial charge in [-0.05, 0) is 68.1 Å². The van der Waals surface area contributed by atoms with Gasteiger partial charge in [-0.25, -0.2) is 17.9 Å². The van der Waals surface area contributed by atoms with Crippen LogP contribution in [0.4, 0.5) is 5.69 Å². The van der Waals surface area contributed by atoms with Crippen molar-refractivity contribution < 1.29 is 27.2 Å². The van der Waals surface area contributed by atoms with Crippen molar-refractivity contribution in [2.24, 2.45) is 0 Å². The average molecular weight is 483 g/mol. The van der Waals surface area contributed by atoms with Crippen LogP contribution in [0, 0.1) is 6.92 Å². The molecule has 34 heavy (non-hydrogen) atoms. The van der Waals surface area contributed by atoms with Crippen LogP contribution in [0.1, 0.15) is 40.6 Å². The van der Waals surface area contributed by atoms with E-state index in [0.717, 1.165) is 24.1 Å². The number of amides is 1. The quantitative estimate of drug-likeness (QED) is 0.516. The van der Waals surface area contributed by atoms with Gasteiger partial charge in [0.05, 0.1) is 23.3 Å². The molecule has 2 heterocycles. The van der Waals surface area contributed by atoms with E-state index in [9.17, 15) is 18.0 Å². The summed E-state index contributed by atoms with van der Waals surface area (Å²) in [6, 6.07) is 15.2. The molecule has 2 aromatic carbocycles. The lowest BCUT2D eigenvalue weighted by molar-refractivity contribution is -0.122. The lowest BCUT2D eigenvalue weighted by Gasteiger charge is -2.35. The Labute approximate surface area is 198 Å². The molecule has 0 aliphatic carbocycles. The molecule has 8 nitrogen and oxygen atoms in total. The molecule has 3 aromatic rings. The number of rotatable bonds is 7. The SMILES string of the molecule is Cc1ccc(S(=O)(=O)NCc2ccco2)cc1C(=O)OCC(=O)N1c2ccccc2CCC1C. The first-order valence-corrected chi connectivity index (χ1v) is 12.4. The van der Waals surface area contributed by atoms with Crippen LogP contribution in [0.5, 0.6) is 0 Å². The van der Waals surface area contributed by atoms with Crippen LogP contribution in [-0.2, 0) is 32.5 Å². The number of furan rings is 1. The predicted octanol–water partition coefficient (Wildman–Crippen LogP) is 3.59. The molecular weight excluding hydrogens is 456 g/mol. The number of carbonyl (C=O) groups is 2. The Morgan fingerprint density at radius 2 is 1.94 bits per heavy atom. The number of para-hydroxylation sites is 1. The van der Waals surface area contributed by atoms with E-state index >= 15 is 0 Å². The number of esters is 1. The van der Waals surface area contributed by atoms with Crippen molar-refractivity contribution in [3.63, 3.8) is 0 Å². The van der Waals surface area contributed by atoms with Gasteiger partial charge < -0.3 is 14.1 Å². The highest BCUT2D eigenvalue weighted by Gasteiger charge is 2.29. The summed E-state index contributed by atoms with van der Waals surface area (Å²) >= 11 is 0. The van der Waals surface area contributed by atoms with Gasteiger partial charge in [0.25, 0.3) is 5.91 Å². The van der Waals surface area contributed by atoms with E-state index in [-0.39, 0.29) is 29.0 Å². The second-order valence-corrected chi connectivity index (χ2v) is 10.0. The van der Waals surface area contributed by atoms with Crippen molar-refractivity contribution in [2.75, 3.05) is 11.5 Å². The van der Waals surface area contributed by atoms with Crippen molar-refractivity contribution in [2.45, 2.75) is 44.2 Å². The minimum Gasteiger partial charge on any atom is -0.468 e. The van der Waals surface area contributed by atoms with Gasteiger partial charge in [-0.2, -0.15) is 0 Å². The van der Waals surface area contributed by atoms with Gasteiger partial charge in [0, 0.05) is 11.7 Å². The van der Waals surface area contributed by atoms with Crippen molar-refractivity contribution in [1.29, 1.82) is 0 Å². The molecule has 1 N–H and O–H groups in total. The molecular formula is C25H26N2O6S. The molecule has 1 aliphatic heterocycles. The summed E-state index contributed by atoms with van der Waals surface area (Å²) in [6.45, 7) is 3.18. The maximum Gasteiger partial charge on any atom is 0.338 e. The Kier molecular flexibility index (Phi) is 6.85. The molecule has 0 bridgehead atoms. The number of benzene rings is 2. The monoisotopic (exact) mass is 482 g/mol. The summed E-state index contributed by atoms with van der Waals surface area (Å²) in [4.78, 5) is 27.3. The van der Waals surface area contributed by atoms with Crippen molar-refractivity contribution in [3.05, 3.63) is 83.3 Å². The highest BCUT2D eigenvalue weighted by molar-refractivity contribution is 7.89. The Balaban J connectivity index is 1.46. The molecule has 1 amide bonds. The lowest BCUT2D eigenvalue weighted by Crippen LogP contribution is -2.44. The third kappa shape index (κ3) is 5.05. The topological polar surface area (TPSA) is 106 Å². The molecule has 0 saturated heterocycles. The molecule has 0 radical (unpaired) electrons. The second kappa shape index (κ2) is 9.82. The first-order chi connectivity index (χ1) is 16.3. The number of aryl methyl sites for hydroxylation is 2. The first-order valence-electron chi connectivity index (χ1n) is 11.0. The summed E-state index contributed by atoms with van der Waals surface area (Å²) in [5.74, 6) is -0.622. The molecule has 1 unspecified atom stereocenters. The normalized spacial score (nSPS) is 15.6. The highest BCUT2D eigenvalue weighted by Crippen LogP contribution is 2.30. The third-order valence-corrected chi connectivity index (χ3v) is 7.27. The van der Waals surface area contributed by atoms with Crippen LogP contribution in [0.2, 0.25) is 0 Å². The molecule has 0 fully saturated rings. The fraction of sp³-hybridized carbons (Fsp3) is 0.280. The minimum absolute atomic E-state index is 0.0171. The molecule has 1 aromatic heterocycles. The fourth-order valence-electron chi connectivity index (χ4n) is 3.99. The zero-order valence-electron chi connectivity index (χ0n) is 19.0. The smallest absolute Gasteiger partial charge is 0.338 e. The molecule has 4 rings (SSSR count). The van der Waals surface area contributed by atoms with Crippen LogP contribution in [0.25, 0.3) is 0 Å². The molecule has 0 saturated carbocycles. The Morgan fingerprint density at radius 1 is 1.15 bits per heavy atom. The maximum absolute atomic E-state index is 12.9. The largest absolute Gasteiger partial charge is 0.468 e.